The van der Waals surface area contributed by atoms with E-state index in [4.69, 9.17) is 13.4 Å². The van der Waals surface area contributed by atoms with Gasteiger partial charge in [0, 0.05) is 17.4 Å². The minimum absolute atomic E-state index is 0.544. The van der Waals surface area contributed by atoms with Gasteiger partial charge in [-0.05, 0) is 36.8 Å². The average molecular weight is 418 g/mol. The lowest BCUT2D eigenvalue weighted by Crippen LogP contribution is -2.04. The predicted octanol–water partition coefficient (Wildman–Crippen LogP) is 5.44. The molecule has 0 atom stereocenters. The third kappa shape index (κ3) is 3.69. The summed E-state index contributed by atoms with van der Waals surface area (Å²) in [6.07, 6.45) is 3.28. The van der Waals surface area contributed by atoms with Crippen LogP contribution in [0.1, 0.15) is 17.0 Å². The second kappa shape index (κ2) is 8.08. The monoisotopic (exact) mass is 418 g/mol. The Hall–Kier alpha value is -3.52. The molecule has 30 heavy (non-hydrogen) atoms. The normalized spacial score (nSPS) is 11.2. The second-order valence-electron chi connectivity index (χ2n) is 6.74. The fourth-order valence-corrected chi connectivity index (χ4v) is 3.99. The molecule has 5 aromatic rings. The van der Waals surface area contributed by atoms with Gasteiger partial charge in [0.05, 0.1) is 24.8 Å². The van der Waals surface area contributed by atoms with E-state index in [1.165, 1.54) is 0 Å². The molecule has 0 N–H and O–H groups in total. The molecule has 0 saturated heterocycles. The SMILES string of the molecule is Cc1ccccc1-c1nnc(SCc2cc(-c3ccco3)on2)n1Cc1ccco1. The van der Waals surface area contributed by atoms with Gasteiger partial charge in [-0.3, -0.25) is 4.57 Å². The molecule has 0 amide bonds. The quantitative estimate of drug-likeness (QED) is 0.326. The summed E-state index contributed by atoms with van der Waals surface area (Å²) in [5, 5.41) is 13.8. The Labute approximate surface area is 176 Å². The summed E-state index contributed by atoms with van der Waals surface area (Å²) in [5.41, 5.74) is 2.99. The highest BCUT2D eigenvalue weighted by Crippen LogP contribution is 2.30. The smallest absolute Gasteiger partial charge is 0.202 e. The number of hydrogen-bond donors (Lipinski definition) is 0. The third-order valence-corrected chi connectivity index (χ3v) is 5.67. The minimum atomic E-state index is 0.544. The molecule has 0 bridgehead atoms. The van der Waals surface area contributed by atoms with Crippen LogP contribution in [0.4, 0.5) is 0 Å². The third-order valence-electron chi connectivity index (χ3n) is 4.67. The van der Waals surface area contributed by atoms with Crippen LogP contribution in [0.25, 0.3) is 22.9 Å². The van der Waals surface area contributed by atoms with Gasteiger partial charge in [-0.2, -0.15) is 0 Å². The Morgan fingerprint density at radius 3 is 2.60 bits per heavy atom. The molecule has 1 aromatic carbocycles. The first kappa shape index (κ1) is 18.5. The Morgan fingerprint density at radius 1 is 0.933 bits per heavy atom. The predicted molar refractivity (Wildman–Crippen MR) is 112 cm³/mol. The number of benzene rings is 1. The average Bonchev–Trinajstić information content (AvgIpc) is 3.55. The summed E-state index contributed by atoms with van der Waals surface area (Å²) in [5.74, 6) is 3.50. The summed E-state index contributed by atoms with van der Waals surface area (Å²) in [7, 11) is 0. The number of aryl methyl sites for hydroxylation is 1. The number of thioether (sulfide) groups is 1. The van der Waals surface area contributed by atoms with E-state index in [1.54, 1.807) is 24.3 Å². The first-order valence-corrected chi connectivity index (χ1v) is 10.4. The van der Waals surface area contributed by atoms with Crippen LogP contribution < -0.4 is 0 Å². The zero-order chi connectivity index (χ0) is 20.3. The van der Waals surface area contributed by atoms with Gasteiger partial charge >= 0.3 is 0 Å². The highest BCUT2D eigenvalue weighted by molar-refractivity contribution is 7.98. The standard InChI is InChI=1S/C22H18N4O3S/c1-15-6-2-3-8-18(15)21-23-24-22(26(21)13-17-7-4-10-27-17)30-14-16-12-20(29-25-16)19-9-5-11-28-19/h2-12H,13-14H2,1H3. The molecule has 0 aliphatic heterocycles. The van der Waals surface area contributed by atoms with Crippen molar-refractivity contribution in [1.82, 2.24) is 19.9 Å². The summed E-state index contributed by atoms with van der Waals surface area (Å²) >= 11 is 1.55. The molecule has 4 aromatic heterocycles. The van der Waals surface area contributed by atoms with E-state index in [1.807, 2.05) is 42.5 Å². The number of aromatic nitrogens is 4. The fourth-order valence-electron chi connectivity index (χ4n) is 3.17. The molecule has 5 rings (SSSR count). The molecule has 8 heteroatoms. The molecule has 7 nitrogen and oxygen atoms in total. The van der Waals surface area contributed by atoms with Crippen LogP contribution >= 0.6 is 11.8 Å². The molecule has 0 spiro atoms. The van der Waals surface area contributed by atoms with Gasteiger partial charge in [0.2, 0.25) is 5.76 Å². The van der Waals surface area contributed by atoms with E-state index < -0.39 is 0 Å². The number of furan rings is 2. The Morgan fingerprint density at radius 2 is 1.80 bits per heavy atom. The van der Waals surface area contributed by atoms with Crippen LogP contribution in [0, 0.1) is 6.92 Å². The van der Waals surface area contributed by atoms with Crippen molar-refractivity contribution in [2.45, 2.75) is 24.4 Å². The molecule has 0 fully saturated rings. The van der Waals surface area contributed by atoms with E-state index in [2.05, 4.69) is 39.0 Å². The Bertz CT molecular complexity index is 1240. The second-order valence-corrected chi connectivity index (χ2v) is 7.68. The van der Waals surface area contributed by atoms with Crippen molar-refractivity contribution in [2.75, 3.05) is 0 Å². The molecular weight excluding hydrogens is 400 g/mol. The molecule has 0 unspecified atom stereocenters. The van der Waals surface area contributed by atoms with Crippen LogP contribution in [0.5, 0.6) is 0 Å². The lowest BCUT2D eigenvalue weighted by molar-refractivity contribution is 0.413. The Balaban J connectivity index is 1.42. The van der Waals surface area contributed by atoms with Crippen molar-refractivity contribution in [2.24, 2.45) is 0 Å². The lowest BCUT2D eigenvalue weighted by atomic mass is 10.1. The maximum Gasteiger partial charge on any atom is 0.202 e. The topological polar surface area (TPSA) is 83.0 Å². The number of hydrogen-bond acceptors (Lipinski definition) is 7. The van der Waals surface area contributed by atoms with Crippen molar-refractivity contribution < 1.29 is 13.4 Å². The van der Waals surface area contributed by atoms with Crippen molar-refractivity contribution >= 4 is 11.8 Å². The van der Waals surface area contributed by atoms with Gasteiger partial charge in [-0.1, -0.05) is 41.2 Å². The molecule has 4 heterocycles. The first-order chi connectivity index (χ1) is 14.8. The largest absolute Gasteiger partial charge is 0.467 e. The van der Waals surface area contributed by atoms with E-state index in [0.717, 1.165) is 33.6 Å². The number of nitrogens with zero attached hydrogens (tertiary/aromatic N) is 4. The van der Waals surface area contributed by atoms with Crippen molar-refractivity contribution in [3.63, 3.8) is 0 Å². The van der Waals surface area contributed by atoms with Gasteiger partial charge in [0.15, 0.2) is 16.7 Å². The van der Waals surface area contributed by atoms with E-state index in [0.29, 0.717) is 23.8 Å². The molecule has 0 radical (unpaired) electrons. The minimum Gasteiger partial charge on any atom is -0.467 e. The number of rotatable bonds is 7. The maximum atomic E-state index is 5.57. The van der Waals surface area contributed by atoms with Crippen molar-refractivity contribution in [3.8, 4) is 22.9 Å². The summed E-state index contributed by atoms with van der Waals surface area (Å²) in [6, 6.07) is 17.5. The molecule has 150 valence electrons. The van der Waals surface area contributed by atoms with E-state index in [9.17, 15) is 0 Å². The highest BCUT2D eigenvalue weighted by Gasteiger charge is 2.18. The molecule has 0 aliphatic rings. The van der Waals surface area contributed by atoms with Crippen molar-refractivity contribution in [1.29, 1.82) is 0 Å². The van der Waals surface area contributed by atoms with E-state index >= 15 is 0 Å². The Kier molecular flexibility index (Phi) is 4.98. The summed E-state index contributed by atoms with van der Waals surface area (Å²) < 4.78 is 18.4. The molecule has 0 saturated carbocycles. The zero-order valence-corrected chi connectivity index (χ0v) is 17.0. The van der Waals surface area contributed by atoms with Gasteiger partial charge < -0.3 is 13.4 Å². The highest BCUT2D eigenvalue weighted by atomic mass is 32.2. The van der Waals surface area contributed by atoms with Crippen LogP contribution in [-0.2, 0) is 12.3 Å². The van der Waals surface area contributed by atoms with Gasteiger partial charge in [0.1, 0.15) is 5.76 Å². The molecular formula is C22H18N4O3S. The summed E-state index contributed by atoms with van der Waals surface area (Å²) in [6.45, 7) is 2.61. The van der Waals surface area contributed by atoms with E-state index in [-0.39, 0.29) is 0 Å². The maximum absolute atomic E-state index is 5.57. The summed E-state index contributed by atoms with van der Waals surface area (Å²) in [4.78, 5) is 0. The first-order valence-electron chi connectivity index (χ1n) is 9.42. The van der Waals surface area contributed by atoms with Gasteiger partial charge in [-0.25, -0.2) is 0 Å². The zero-order valence-electron chi connectivity index (χ0n) is 16.2. The lowest BCUT2D eigenvalue weighted by Gasteiger charge is -2.10. The van der Waals surface area contributed by atoms with Crippen LogP contribution in [0.15, 0.2) is 85.6 Å². The van der Waals surface area contributed by atoms with Gasteiger partial charge in [0.25, 0.3) is 0 Å². The molecule has 0 aliphatic carbocycles. The van der Waals surface area contributed by atoms with Crippen LogP contribution in [0.2, 0.25) is 0 Å². The van der Waals surface area contributed by atoms with Crippen LogP contribution in [0.3, 0.4) is 0 Å². The van der Waals surface area contributed by atoms with Crippen molar-refractivity contribution in [3.05, 3.63) is 84.1 Å². The fraction of sp³-hybridized carbons (Fsp3) is 0.136. The van der Waals surface area contributed by atoms with Crippen LogP contribution in [-0.4, -0.2) is 19.9 Å². The van der Waals surface area contributed by atoms with Gasteiger partial charge in [-0.15, -0.1) is 10.2 Å².